The summed E-state index contributed by atoms with van der Waals surface area (Å²) < 4.78 is 0. The lowest BCUT2D eigenvalue weighted by molar-refractivity contribution is 0.196. The number of benzene rings is 1. The first-order valence-corrected chi connectivity index (χ1v) is 9.60. The minimum Gasteiger partial charge on any atom is -0.298 e. The molecule has 3 nitrogen and oxygen atoms in total. The normalized spacial score (nSPS) is 20.4. The molecule has 1 aromatic heterocycles. The Morgan fingerprint density at radius 2 is 1.88 bits per heavy atom. The van der Waals surface area contributed by atoms with Crippen molar-refractivity contribution in [2.75, 3.05) is 13.1 Å². The third-order valence-electron chi connectivity index (χ3n) is 4.85. The van der Waals surface area contributed by atoms with Gasteiger partial charge >= 0.3 is 0 Å². The average Bonchev–Trinajstić information content (AvgIpc) is 2.97. The van der Waals surface area contributed by atoms with E-state index in [9.17, 15) is 0 Å². The molecular formula is C19H18Cl3N3. The van der Waals surface area contributed by atoms with Crippen molar-refractivity contribution in [3.63, 3.8) is 0 Å². The molecule has 0 N–H and O–H groups in total. The van der Waals surface area contributed by atoms with Crippen molar-refractivity contribution < 1.29 is 0 Å². The van der Waals surface area contributed by atoms with Crippen molar-refractivity contribution in [3.05, 3.63) is 56.7 Å². The van der Waals surface area contributed by atoms with E-state index in [0.29, 0.717) is 21.1 Å². The largest absolute Gasteiger partial charge is 0.298 e. The zero-order chi connectivity index (χ0) is 17.4. The average molecular weight is 395 g/mol. The van der Waals surface area contributed by atoms with Gasteiger partial charge < -0.3 is 0 Å². The molecule has 0 bridgehead atoms. The highest BCUT2D eigenvalue weighted by Gasteiger charge is 2.28. The second kappa shape index (κ2) is 7.24. The fourth-order valence-corrected chi connectivity index (χ4v) is 4.44. The predicted molar refractivity (Wildman–Crippen MR) is 105 cm³/mol. The molecular weight excluding hydrogens is 377 g/mol. The lowest BCUT2D eigenvalue weighted by Gasteiger charge is -2.33. The van der Waals surface area contributed by atoms with Crippen LogP contribution in [0.4, 0.5) is 5.82 Å². The van der Waals surface area contributed by atoms with Gasteiger partial charge in [0.25, 0.3) is 0 Å². The molecule has 0 saturated carbocycles. The van der Waals surface area contributed by atoms with E-state index < -0.39 is 0 Å². The second-order valence-electron chi connectivity index (χ2n) is 6.75. The van der Waals surface area contributed by atoms with Crippen molar-refractivity contribution >= 4 is 46.3 Å². The highest BCUT2D eigenvalue weighted by molar-refractivity contribution is 6.34. The Labute approximate surface area is 162 Å². The summed E-state index contributed by atoms with van der Waals surface area (Å²) in [6.45, 7) is 2.96. The van der Waals surface area contributed by atoms with Crippen molar-refractivity contribution in [2.24, 2.45) is 10.9 Å². The molecule has 2 aliphatic heterocycles. The molecule has 1 fully saturated rings. The van der Waals surface area contributed by atoms with Crippen molar-refractivity contribution in [1.29, 1.82) is 0 Å². The lowest BCUT2D eigenvalue weighted by Crippen LogP contribution is -2.38. The minimum absolute atomic E-state index is 0.469. The Balaban J connectivity index is 1.46. The van der Waals surface area contributed by atoms with Crippen LogP contribution in [0.1, 0.15) is 24.0 Å². The smallest absolute Gasteiger partial charge is 0.157 e. The highest BCUT2D eigenvalue weighted by Crippen LogP contribution is 2.31. The standard InChI is InChI=1S/C19H18Cl3N3/c20-15-6-12(7-16(21)9-15)10-25-5-1-2-14(11-25)17-8-13-3-4-18(22)24-19(13)23-17/h3-4,6-7,9,14H,1-2,5,8,10-11H2/t14-/m0/s1. The van der Waals surface area contributed by atoms with Crippen molar-refractivity contribution in [2.45, 2.75) is 25.8 Å². The first-order chi connectivity index (χ1) is 12.1. The number of halogens is 3. The van der Waals surface area contributed by atoms with Crippen LogP contribution in [0.2, 0.25) is 15.2 Å². The number of nitrogens with zero attached hydrogens (tertiary/aromatic N) is 3. The summed E-state index contributed by atoms with van der Waals surface area (Å²) in [7, 11) is 0. The third-order valence-corrected chi connectivity index (χ3v) is 5.50. The maximum Gasteiger partial charge on any atom is 0.157 e. The molecule has 0 amide bonds. The fraction of sp³-hybridized carbons (Fsp3) is 0.368. The number of aliphatic imine (C=N–C) groups is 1. The molecule has 1 atom stereocenters. The first kappa shape index (κ1) is 17.3. The molecule has 3 heterocycles. The number of hydrogen-bond donors (Lipinski definition) is 0. The number of rotatable bonds is 3. The topological polar surface area (TPSA) is 28.5 Å². The fourth-order valence-electron chi connectivity index (χ4n) is 3.73. The molecule has 4 rings (SSSR count). The van der Waals surface area contributed by atoms with Gasteiger partial charge in [-0.2, -0.15) is 0 Å². The predicted octanol–water partition coefficient (Wildman–Crippen LogP) is 5.58. The maximum absolute atomic E-state index is 6.12. The van der Waals surface area contributed by atoms with E-state index in [1.54, 1.807) is 6.07 Å². The number of aromatic nitrogens is 1. The Bertz CT molecular complexity index is 814. The third kappa shape index (κ3) is 4.01. The van der Waals surface area contributed by atoms with Gasteiger partial charge in [-0.15, -0.1) is 0 Å². The van der Waals surface area contributed by atoms with Crippen LogP contribution in [0.3, 0.4) is 0 Å². The summed E-state index contributed by atoms with van der Waals surface area (Å²) in [6.07, 6.45) is 3.23. The van der Waals surface area contributed by atoms with Crippen LogP contribution in [0, 0.1) is 5.92 Å². The number of fused-ring (bicyclic) bond motifs is 1. The molecule has 0 spiro atoms. The Morgan fingerprint density at radius 1 is 1.08 bits per heavy atom. The molecule has 0 unspecified atom stereocenters. The molecule has 130 valence electrons. The van der Waals surface area contributed by atoms with Gasteiger partial charge in [0.05, 0.1) is 0 Å². The van der Waals surface area contributed by atoms with Gasteiger partial charge in [0.1, 0.15) is 5.15 Å². The van der Waals surface area contributed by atoms with Gasteiger partial charge in [-0.3, -0.25) is 4.90 Å². The van der Waals surface area contributed by atoms with Gasteiger partial charge in [-0.05, 0) is 49.2 Å². The van der Waals surface area contributed by atoms with Crippen LogP contribution >= 0.6 is 34.8 Å². The summed E-state index contributed by atoms with van der Waals surface area (Å²) in [5.41, 5.74) is 3.57. The van der Waals surface area contributed by atoms with Crippen LogP contribution < -0.4 is 0 Å². The van der Waals surface area contributed by atoms with Crippen LogP contribution in [-0.2, 0) is 13.0 Å². The van der Waals surface area contributed by atoms with Crippen LogP contribution in [-0.4, -0.2) is 28.7 Å². The Kier molecular flexibility index (Phi) is 5.01. The molecule has 0 radical (unpaired) electrons. The zero-order valence-corrected chi connectivity index (χ0v) is 16.0. The number of pyridine rings is 1. The van der Waals surface area contributed by atoms with E-state index >= 15 is 0 Å². The summed E-state index contributed by atoms with van der Waals surface area (Å²) >= 11 is 18.2. The van der Waals surface area contributed by atoms with E-state index in [4.69, 9.17) is 39.8 Å². The van der Waals surface area contributed by atoms with E-state index in [2.05, 4.69) is 9.88 Å². The Hall–Kier alpha value is -1.13. The quantitative estimate of drug-likeness (QED) is 0.635. The van der Waals surface area contributed by atoms with Gasteiger partial charge in [-0.25, -0.2) is 9.98 Å². The second-order valence-corrected chi connectivity index (χ2v) is 8.01. The molecule has 25 heavy (non-hydrogen) atoms. The number of likely N-dealkylation sites (tertiary alicyclic amines) is 1. The first-order valence-electron chi connectivity index (χ1n) is 8.47. The van der Waals surface area contributed by atoms with Crippen molar-refractivity contribution in [3.8, 4) is 0 Å². The van der Waals surface area contributed by atoms with Gasteiger partial charge in [0, 0.05) is 46.7 Å². The molecule has 0 aliphatic carbocycles. The van der Waals surface area contributed by atoms with Crippen LogP contribution in [0.5, 0.6) is 0 Å². The summed E-state index contributed by atoms with van der Waals surface area (Å²) in [5, 5.41) is 1.89. The van der Waals surface area contributed by atoms with Crippen molar-refractivity contribution in [1.82, 2.24) is 9.88 Å². The van der Waals surface area contributed by atoms with E-state index in [0.717, 1.165) is 37.4 Å². The number of piperidine rings is 1. The SMILES string of the molecule is Clc1cc(Cl)cc(CN2CCC[C@H](C3=Nc4nc(Cl)ccc4C3)C2)c1. The van der Waals surface area contributed by atoms with Gasteiger partial charge in [0.2, 0.25) is 0 Å². The van der Waals surface area contributed by atoms with E-state index in [1.165, 1.54) is 24.1 Å². The zero-order valence-electron chi connectivity index (χ0n) is 13.7. The summed E-state index contributed by atoms with van der Waals surface area (Å²) in [5.74, 6) is 1.26. The summed E-state index contributed by atoms with van der Waals surface area (Å²) in [6, 6.07) is 9.64. The van der Waals surface area contributed by atoms with Crippen LogP contribution in [0.15, 0.2) is 35.3 Å². The van der Waals surface area contributed by atoms with Crippen LogP contribution in [0.25, 0.3) is 0 Å². The lowest BCUT2D eigenvalue weighted by atomic mass is 9.90. The van der Waals surface area contributed by atoms with Gasteiger partial charge in [-0.1, -0.05) is 40.9 Å². The Morgan fingerprint density at radius 3 is 2.68 bits per heavy atom. The van der Waals surface area contributed by atoms with E-state index in [-0.39, 0.29) is 0 Å². The highest BCUT2D eigenvalue weighted by atomic mass is 35.5. The van der Waals surface area contributed by atoms with Gasteiger partial charge in [0.15, 0.2) is 5.82 Å². The van der Waals surface area contributed by atoms with E-state index in [1.807, 2.05) is 24.3 Å². The minimum atomic E-state index is 0.469. The molecule has 1 saturated heterocycles. The molecule has 2 aliphatic rings. The maximum atomic E-state index is 6.12. The molecule has 1 aromatic carbocycles. The summed E-state index contributed by atoms with van der Waals surface area (Å²) in [4.78, 5) is 11.6. The number of hydrogen-bond acceptors (Lipinski definition) is 3. The molecule has 6 heteroatoms. The monoisotopic (exact) mass is 393 g/mol. The molecule has 2 aromatic rings.